The molecule has 0 spiro atoms. The molecule has 0 aliphatic heterocycles. The first kappa shape index (κ1) is 11.7. The molecule has 15 heavy (non-hydrogen) atoms. The second-order valence-corrected chi connectivity index (χ2v) is 3.93. The van der Waals surface area contributed by atoms with Gasteiger partial charge < -0.3 is 10.4 Å². The molecule has 5 heteroatoms. The third kappa shape index (κ3) is 2.79. The molecule has 0 atom stereocenters. The van der Waals surface area contributed by atoms with E-state index in [4.69, 9.17) is 5.11 Å². The molecule has 80 valence electrons. The van der Waals surface area contributed by atoms with E-state index >= 15 is 0 Å². The summed E-state index contributed by atoms with van der Waals surface area (Å²) in [4.78, 5) is 21.7. The number of hydrogen-bond donors (Lipinski definition) is 2. The van der Waals surface area contributed by atoms with Gasteiger partial charge in [-0.25, -0.2) is 4.79 Å². The number of benzene rings is 1. The van der Waals surface area contributed by atoms with E-state index in [2.05, 4.69) is 21.2 Å². The van der Waals surface area contributed by atoms with Crippen molar-refractivity contribution in [2.45, 2.75) is 13.8 Å². The normalized spacial score (nSPS) is 9.80. The standard InChI is InChI=1S/C10H10BrNO3/c1-5-3-7(10(14)15)4-8(9(5)11)12-6(2)13/h3-4H,1-2H3,(H,12,13)(H,14,15). The van der Waals surface area contributed by atoms with E-state index in [1.165, 1.54) is 19.1 Å². The van der Waals surface area contributed by atoms with E-state index in [1.807, 2.05) is 0 Å². The van der Waals surface area contributed by atoms with Crippen LogP contribution in [0.3, 0.4) is 0 Å². The number of aryl methyl sites for hydroxylation is 1. The van der Waals surface area contributed by atoms with Gasteiger partial charge in [-0.05, 0) is 40.5 Å². The Morgan fingerprint density at radius 3 is 2.47 bits per heavy atom. The van der Waals surface area contributed by atoms with Crippen molar-refractivity contribution in [1.29, 1.82) is 0 Å². The maximum atomic E-state index is 10.9. The lowest BCUT2D eigenvalue weighted by atomic mass is 10.1. The van der Waals surface area contributed by atoms with Crippen LogP contribution in [0, 0.1) is 6.92 Å². The summed E-state index contributed by atoms with van der Waals surface area (Å²) in [5.74, 6) is -1.25. The summed E-state index contributed by atoms with van der Waals surface area (Å²) in [6, 6.07) is 2.96. The molecule has 2 N–H and O–H groups in total. The molecule has 0 fully saturated rings. The lowest BCUT2D eigenvalue weighted by molar-refractivity contribution is -0.114. The molecular weight excluding hydrogens is 262 g/mol. The summed E-state index contributed by atoms with van der Waals surface area (Å²) in [5.41, 5.74) is 1.39. The van der Waals surface area contributed by atoms with Gasteiger partial charge in [-0.15, -0.1) is 0 Å². The van der Waals surface area contributed by atoms with Crippen LogP contribution < -0.4 is 5.32 Å². The molecule has 0 aliphatic carbocycles. The van der Waals surface area contributed by atoms with Gasteiger partial charge in [0, 0.05) is 11.4 Å². The van der Waals surface area contributed by atoms with Gasteiger partial charge in [0.05, 0.1) is 11.3 Å². The molecule has 0 aliphatic rings. The van der Waals surface area contributed by atoms with Gasteiger partial charge in [-0.3, -0.25) is 4.79 Å². The highest BCUT2D eigenvalue weighted by Crippen LogP contribution is 2.27. The lowest BCUT2D eigenvalue weighted by Gasteiger charge is -2.09. The number of anilines is 1. The smallest absolute Gasteiger partial charge is 0.335 e. The molecule has 1 amide bonds. The predicted octanol–water partition coefficient (Wildman–Crippen LogP) is 2.41. The Morgan fingerprint density at radius 2 is 2.00 bits per heavy atom. The summed E-state index contributed by atoms with van der Waals surface area (Å²) in [6.07, 6.45) is 0. The largest absolute Gasteiger partial charge is 0.478 e. The number of amides is 1. The summed E-state index contributed by atoms with van der Waals surface area (Å²) in [6.45, 7) is 3.14. The summed E-state index contributed by atoms with van der Waals surface area (Å²) in [7, 11) is 0. The maximum absolute atomic E-state index is 10.9. The van der Waals surface area contributed by atoms with Crippen LogP contribution in [0.1, 0.15) is 22.8 Å². The van der Waals surface area contributed by atoms with Crippen LogP contribution in [0.2, 0.25) is 0 Å². The number of halogens is 1. The van der Waals surface area contributed by atoms with Crippen molar-refractivity contribution >= 4 is 33.5 Å². The number of carbonyl (C=O) groups is 2. The van der Waals surface area contributed by atoms with Crippen molar-refractivity contribution in [3.63, 3.8) is 0 Å². The van der Waals surface area contributed by atoms with Crippen molar-refractivity contribution in [1.82, 2.24) is 0 Å². The first-order valence-electron chi connectivity index (χ1n) is 4.23. The summed E-state index contributed by atoms with van der Waals surface area (Å²) in [5, 5.41) is 11.4. The molecule has 0 bridgehead atoms. The lowest BCUT2D eigenvalue weighted by Crippen LogP contribution is -2.08. The van der Waals surface area contributed by atoms with Gasteiger partial charge in [-0.2, -0.15) is 0 Å². The molecule has 1 rings (SSSR count). The third-order valence-electron chi connectivity index (χ3n) is 1.81. The molecule has 0 aromatic heterocycles. The number of aromatic carboxylic acids is 1. The average Bonchev–Trinajstić information content (AvgIpc) is 2.11. The monoisotopic (exact) mass is 271 g/mol. The fourth-order valence-electron chi connectivity index (χ4n) is 1.17. The van der Waals surface area contributed by atoms with Crippen molar-refractivity contribution in [2.24, 2.45) is 0 Å². The highest BCUT2D eigenvalue weighted by Gasteiger charge is 2.10. The summed E-state index contributed by atoms with van der Waals surface area (Å²) >= 11 is 3.28. The van der Waals surface area contributed by atoms with E-state index in [1.54, 1.807) is 6.92 Å². The van der Waals surface area contributed by atoms with Crippen LogP contribution in [0.5, 0.6) is 0 Å². The van der Waals surface area contributed by atoms with Crippen molar-refractivity contribution in [3.8, 4) is 0 Å². The Kier molecular flexibility index (Phi) is 3.47. The Hall–Kier alpha value is -1.36. The number of rotatable bonds is 2. The van der Waals surface area contributed by atoms with Crippen LogP contribution in [0.25, 0.3) is 0 Å². The zero-order valence-corrected chi connectivity index (χ0v) is 9.88. The third-order valence-corrected chi connectivity index (χ3v) is 2.86. The average molecular weight is 272 g/mol. The molecular formula is C10H10BrNO3. The summed E-state index contributed by atoms with van der Waals surface area (Å²) < 4.78 is 0.697. The second-order valence-electron chi connectivity index (χ2n) is 3.14. The van der Waals surface area contributed by atoms with E-state index in [-0.39, 0.29) is 11.5 Å². The minimum Gasteiger partial charge on any atom is -0.478 e. The number of carboxylic acid groups (broad SMARTS) is 1. The van der Waals surface area contributed by atoms with Gasteiger partial charge in [0.2, 0.25) is 5.91 Å². The maximum Gasteiger partial charge on any atom is 0.335 e. The Morgan fingerprint density at radius 1 is 1.40 bits per heavy atom. The van der Waals surface area contributed by atoms with Crippen LogP contribution >= 0.6 is 15.9 Å². The van der Waals surface area contributed by atoms with Crippen LogP contribution in [0.4, 0.5) is 5.69 Å². The number of carboxylic acids is 1. The van der Waals surface area contributed by atoms with E-state index < -0.39 is 5.97 Å². The number of nitrogens with one attached hydrogen (secondary N) is 1. The molecule has 1 aromatic carbocycles. The second kappa shape index (κ2) is 4.44. The Labute approximate surface area is 95.4 Å². The molecule has 1 aromatic rings. The SMILES string of the molecule is CC(=O)Nc1cc(C(=O)O)cc(C)c1Br. The fourth-order valence-corrected chi connectivity index (χ4v) is 1.50. The zero-order chi connectivity index (χ0) is 11.6. The van der Waals surface area contributed by atoms with Crippen molar-refractivity contribution < 1.29 is 14.7 Å². The van der Waals surface area contributed by atoms with E-state index in [0.29, 0.717) is 10.2 Å². The first-order valence-corrected chi connectivity index (χ1v) is 5.02. The molecule has 0 saturated carbocycles. The van der Waals surface area contributed by atoms with Crippen LogP contribution in [-0.2, 0) is 4.79 Å². The van der Waals surface area contributed by atoms with Crippen molar-refractivity contribution in [3.05, 3.63) is 27.7 Å². The molecule has 0 saturated heterocycles. The molecule has 0 heterocycles. The number of carbonyl (C=O) groups excluding carboxylic acids is 1. The number of hydrogen-bond acceptors (Lipinski definition) is 2. The van der Waals surface area contributed by atoms with Crippen LogP contribution in [-0.4, -0.2) is 17.0 Å². The minimum absolute atomic E-state index is 0.152. The Balaban J connectivity index is 3.24. The predicted molar refractivity (Wildman–Crippen MR) is 60.1 cm³/mol. The van der Waals surface area contributed by atoms with Gasteiger partial charge in [0.1, 0.15) is 0 Å². The van der Waals surface area contributed by atoms with Gasteiger partial charge >= 0.3 is 5.97 Å². The highest BCUT2D eigenvalue weighted by molar-refractivity contribution is 9.10. The van der Waals surface area contributed by atoms with Crippen molar-refractivity contribution in [2.75, 3.05) is 5.32 Å². The fraction of sp³-hybridized carbons (Fsp3) is 0.200. The van der Waals surface area contributed by atoms with Gasteiger partial charge in [0.25, 0.3) is 0 Å². The topological polar surface area (TPSA) is 66.4 Å². The highest BCUT2D eigenvalue weighted by atomic mass is 79.9. The quantitative estimate of drug-likeness (QED) is 0.868. The van der Waals surface area contributed by atoms with Gasteiger partial charge in [-0.1, -0.05) is 0 Å². The van der Waals surface area contributed by atoms with E-state index in [0.717, 1.165) is 5.56 Å². The zero-order valence-electron chi connectivity index (χ0n) is 8.30. The Bertz CT molecular complexity index is 429. The molecule has 0 radical (unpaired) electrons. The van der Waals surface area contributed by atoms with Crippen LogP contribution in [0.15, 0.2) is 16.6 Å². The molecule has 0 unspecified atom stereocenters. The molecule has 4 nitrogen and oxygen atoms in total. The first-order chi connectivity index (χ1) is 6.91. The van der Waals surface area contributed by atoms with Gasteiger partial charge in [0.15, 0.2) is 0 Å². The minimum atomic E-state index is -1.02. The van der Waals surface area contributed by atoms with E-state index in [9.17, 15) is 9.59 Å².